The van der Waals surface area contributed by atoms with Crippen molar-refractivity contribution in [3.8, 4) is 0 Å². The standard InChI is InChI=1S/C22H29ClN4O2/c1-5-27(6-2)13-12-24-22(29)19-15-18(10-11-20(19)26(3)4)25-21(28)16-8-7-9-17(23)14-16/h7-11,14-15H,5-6,12-13H2,1-4H3,(H,24,29)(H,25,28). The van der Waals surface area contributed by atoms with Gasteiger partial charge in [-0.1, -0.05) is 31.5 Å². The van der Waals surface area contributed by atoms with Crippen LogP contribution in [0.25, 0.3) is 0 Å². The Balaban J connectivity index is 2.16. The quantitative estimate of drug-likeness (QED) is 0.653. The third kappa shape index (κ3) is 6.48. The van der Waals surface area contributed by atoms with Crippen LogP contribution in [0.15, 0.2) is 42.5 Å². The largest absolute Gasteiger partial charge is 0.377 e. The third-order valence-corrected chi connectivity index (χ3v) is 4.91. The molecule has 0 aliphatic heterocycles. The van der Waals surface area contributed by atoms with Gasteiger partial charge in [0.25, 0.3) is 11.8 Å². The van der Waals surface area contributed by atoms with E-state index in [-0.39, 0.29) is 11.8 Å². The number of amides is 2. The van der Waals surface area contributed by atoms with E-state index >= 15 is 0 Å². The van der Waals surface area contributed by atoms with E-state index in [9.17, 15) is 9.59 Å². The summed E-state index contributed by atoms with van der Waals surface area (Å²) in [6, 6.07) is 12.0. The number of carbonyl (C=O) groups excluding carboxylic acids is 2. The molecule has 156 valence electrons. The molecule has 0 fully saturated rings. The molecule has 0 bridgehead atoms. The summed E-state index contributed by atoms with van der Waals surface area (Å²) in [5.74, 6) is -0.447. The Labute approximate surface area is 177 Å². The fraction of sp³-hybridized carbons (Fsp3) is 0.364. The second kappa shape index (κ2) is 10.8. The van der Waals surface area contributed by atoms with Gasteiger partial charge in [0.2, 0.25) is 0 Å². The van der Waals surface area contributed by atoms with Crippen molar-refractivity contribution in [1.82, 2.24) is 10.2 Å². The Morgan fingerprint density at radius 3 is 2.34 bits per heavy atom. The monoisotopic (exact) mass is 416 g/mol. The normalized spacial score (nSPS) is 10.7. The van der Waals surface area contributed by atoms with Gasteiger partial charge in [-0.25, -0.2) is 0 Å². The van der Waals surface area contributed by atoms with E-state index in [0.29, 0.717) is 28.4 Å². The molecule has 29 heavy (non-hydrogen) atoms. The van der Waals surface area contributed by atoms with E-state index in [1.165, 1.54) is 0 Å². The predicted molar refractivity (Wildman–Crippen MR) is 120 cm³/mol. The van der Waals surface area contributed by atoms with E-state index in [2.05, 4.69) is 29.4 Å². The van der Waals surface area contributed by atoms with Crippen LogP contribution in [0.1, 0.15) is 34.6 Å². The van der Waals surface area contributed by atoms with Crippen LogP contribution in [0.4, 0.5) is 11.4 Å². The van der Waals surface area contributed by atoms with Crippen molar-refractivity contribution in [1.29, 1.82) is 0 Å². The molecule has 2 rings (SSSR count). The Morgan fingerprint density at radius 2 is 1.72 bits per heavy atom. The molecule has 0 atom stereocenters. The van der Waals surface area contributed by atoms with Crippen LogP contribution >= 0.6 is 11.6 Å². The number of benzene rings is 2. The maximum atomic E-state index is 12.8. The van der Waals surface area contributed by atoms with Crippen molar-refractivity contribution in [3.63, 3.8) is 0 Å². The zero-order valence-electron chi connectivity index (χ0n) is 17.5. The van der Waals surface area contributed by atoms with Crippen LogP contribution in [-0.2, 0) is 0 Å². The Kier molecular flexibility index (Phi) is 8.49. The van der Waals surface area contributed by atoms with Gasteiger partial charge < -0.3 is 20.4 Å². The number of nitrogens with zero attached hydrogens (tertiary/aromatic N) is 2. The van der Waals surface area contributed by atoms with Gasteiger partial charge in [0.15, 0.2) is 0 Å². The SMILES string of the molecule is CCN(CC)CCNC(=O)c1cc(NC(=O)c2cccc(Cl)c2)ccc1N(C)C. The lowest BCUT2D eigenvalue weighted by molar-refractivity contribution is 0.0948. The number of anilines is 2. The molecule has 2 N–H and O–H groups in total. The van der Waals surface area contributed by atoms with Gasteiger partial charge in [0.05, 0.1) is 5.56 Å². The molecule has 0 aliphatic rings. The molecule has 2 aromatic carbocycles. The van der Waals surface area contributed by atoms with Gasteiger partial charge in [0, 0.05) is 49.1 Å². The van der Waals surface area contributed by atoms with Crippen LogP contribution in [0.2, 0.25) is 5.02 Å². The van der Waals surface area contributed by atoms with Crippen molar-refractivity contribution in [3.05, 3.63) is 58.6 Å². The first-order chi connectivity index (χ1) is 13.8. The topological polar surface area (TPSA) is 64.7 Å². The highest BCUT2D eigenvalue weighted by atomic mass is 35.5. The lowest BCUT2D eigenvalue weighted by Crippen LogP contribution is -2.35. The van der Waals surface area contributed by atoms with Crippen molar-refractivity contribution >= 4 is 34.8 Å². The van der Waals surface area contributed by atoms with Gasteiger partial charge in [-0.05, 0) is 49.5 Å². The molecular formula is C22H29ClN4O2. The molecule has 0 unspecified atom stereocenters. The summed E-state index contributed by atoms with van der Waals surface area (Å²) in [6.45, 7) is 7.44. The van der Waals surface area contributed by atoms with Crippen LogP contribution in [0, 0.1) is 0 Å². The number of carbonyl (C=O) groups is 2. The van der Waals surface area contributed by atoms with Crippen LogP contribution in [0.5, 0.6) is 0 Å². The average molecular weight is 417 g/mol. The van der Waals surface area contributed by atoms with Crippen LogP contribution in [0.3, 0.4) is 0 Å². The summed E-state index contributed by atoms with van der Waals surface area (Å²) >= 11 is 5.96. The number of hydrogen-bond donors (Lipinski definition) is 2. The number of hydrogen-bond acceptors (Lipinski definition) is 4. The minimum Gasteiger partial charge on any atom is -0.377 e. The minimum absolute atomic E-state index is 0.167. The number of rotatable bonds is 9. The maximum absolute atomic E-state index is 12.8. The zero-order chi connectivity index (χ0) is 21.4. The Bertz CT molecular complexity index is 850. The number of nitrogens with one attached hydrogen (secondary N) is 2. The lowest BCUT2D eigenvalue weighted by atomic mass is 10.1. The summed E-state index contributed by atoms with van der Waals surface area (Å²) in [4.78, 5) is 29.4. The second-order valence-electron chi connectivity index (χ2n) is 6.87. The van der Waals surface area contributed by atoms with Crippen molar-refractivity contribution in [2.75, 3.05) is 50.5 Å². The summed E-state index contributed by atoms with van der Waals surface area (Å²) in [5.41, 5.74) is 2.30. The third-order valence-electron chi connectivity index (χ3n) is 4.68. The summed E-state index contributed by atoms with van der Waals surface area (Å²) in [7, 11) is 3.76. The summed E-state index contributed by atoms with van der Waals surface area (Å²) in [6.07, 6.45) is 0. The molecule has 0 heterocycles. The van der Waals surface area contributed by atoms with Crippen molar-refractivity contribution in [2.24, 2.45) is 0 Å². The summed E-state index contributed by atoms with van der Waals surface area (Å²) in [5, 5.41) is 6.31. The first-order valence-corrected chi connectivity index (χ1v) is 10.1. The summed E-state index contributed by atoms with van der Waals surface area (Å²) < 4.78 is 0. The highest BCUT2D eigenvalue weighted by molar-refractivity contribution is 6.31. The maximum Gasteiger partial charge on any atom is 0.255 e. The predicted octanol–water partition coefficient (Wildman–Crippen LogP) is 3.73. The number of halogens is 1. The van der Waals surface area contributed by atoms with Gasteiger partial charge in [-0.3, -0.25) is 9.59 Å². The molecule has 0 aromatic heterocycles. The minimum atomic E-state index is -0.280. The van der Waals surface area contributed by atoms with Gasteiger partial charge in [-0.15, -0.1) is 0 Å². The second-order valence-corrected chi connectivity index (χ2v) is 7.31. The molecule has 7 heteroatoms. The molecule has 2 aromatic rings. The van der Waals surface area contributed by atoms with Gasteiger partial charge in [0.1, 0.15) is 0 Å². The van der Waals surface area contributed by atoms with Crippen LogP contribution < -0.4 is 15.5 Å². The first kappa shape index (κ1) is 22.7. The van der Waals surface area contributed by atoms with Crippen LogP contribution in [-0.4, -0.2) is 57.0 Å². The smallest absolute Gasteiger partial charge is 0.255 e. The first-order valence-electron chi connectivity index (χ1n) is 9.74. The van der Waals surface area contributed by atoms with E-state index < -0.39 is 0 Å². The average Bonchev–Trinajstić information content (AvgIpc) is 2.70. The van der Waals surface area contributed by atoms with E-state index in [1.807, 2.05) is 25.1 Å². The highest BCUT2D eigenvalue weighted by Crippen LogP contribution is 2.23. The highest BCUT2D eigenvalue weighted by Gasteiger charge is 2.15. The molecule has 6 nitrogen and oxygen atoms in total. The number of likely N-dealkylation sites (N-methyl/N-ethyl adjacent to an activating group) is 1. The van der Waals surface area contributed by atoms with Crippen molar-refractivity contribution < 1.29 is 9.59 Å². The molecular weight excluding hydrogens is 388 g/mol. The molecule has 2 amide bonds. The molecule has 0 saturated heterocycles. The van der Waals surface area contributed by atoms with E-state index in [0.717, 1.165) is 25.3 Å². The van der Waals surface area contributed by atoms with E-state index in [1.54, 1.807) is 36.4 Å². The Morgan fingerprint density at radius 1 is 1.00 bits per heavy atom. The molecule has 0 radical (unpaired) electrons. The van der Waals surface area contributed by atoms with Gasteiger partial charge >= 0.3 is 0 Å². The van der Waals surface area contributed by atoms with Crippen molar-refractivity contribution in [2.45, 2.75) is 13.8 Å². The van der Waals surface area contributed by atoms with Gasteiger partial charge in [-0.2, -0.15) is 0 Å². The Hall–Kier alpha value is -2.57. The fourth-order valence-electron chi connectivity index (χ4n) is 2.98. The molecule has 0 saturated carbocycles. The zero-order valence-corrected chi connectivity index (χ0v) is 18.2. The van der Waals surface area contributed by atoms with E-state index in [4.69, 9.17) is 11.6 Å². The molecule has 0 aliphatic carbocycles. The lowest BCUT2D eigenvalue weighted by Gasteiger charge is -2.20. The fourth-order valence-corrected chi connectivity index (χ4v) is 3.17. The molecule has 0 spiro atoms.